The molecule has 96 valence electrons. The van der Waals surface area contributed by atoms with Crippen molar-refractivity contribution in [3.8, 4) is 0 Å². The Hall–Kier alpha value is -1.03. The van der Waals surface area contributed by atoms with Crippen LogP contribution in [0.4, 0.5) is 5.69 Å². The summed E-state index contributed by atoms with van der Waals surface area (Å²) < 4.78 is 5.11. The summed E-state index contributed by atoms with van der Waals surface area (Å²) in [5, 5.41) is 5.37. The second-order valence-corrected chi connectivity index (χ2v) is 4.75. The van der Waals surface area contributed by atoms with Crippen LogP contribution in [0.25, 0.3) is 10.9 Å². The van der Waals surface area contributed by atoms with Crippen molar-refractivity contribution in [2.24, 2.45) is 0 Å². The summed E-state index contributed by atoms with van der Waals surface area (Å²) in [4.78, 5) is 4.49. The zero-order chi connectivity index (χ0) is 13.1. The van der Waals surface area contributed by atoms with Crippen molar-refractivity contribution in [3.05, 3.63) is 33.9 Å². The largest absolute Gasteiger partial charge is 0.385 e. The first-order chi connectivity index (χ1) is 8.65. The lowest BCUT2D eigenvalue weighted by Gasteiger charge is -2.11. The van der Waals surface area contributed by atoms with Gasteiger partial charge in [0.15, 0.2) is 0 Å². The van der Waals surface area contributed by atoms with E-state index in [1.807, 2.05) is 19.1 Å². The quantitative estimate of drug-likeness (QED) is 0.917. The number of pyridine rings is 1. The highest BCUT2D eigenvalue weighted by Crippen LogP contribution is 2.32. The summed E-state index contributed by atoms with van der Waals surface area (Å²) in [6.45, 7) is 3.30. The zero-order valence-electron chi connectivity index (χ0n) is 10.3. The number of anilines is 1. The molecule has 0 fully saturated rings. The van der Waals surface area contributed by atoms with Gasteiger partial charge >= 0.3 is 0 Å². The highest BCUT2D eigenvalue weighted by atomic mass is 35.5. The van der Waals surface area contributed by atoms with Gasteiger partial charge < -0.3 is 10.1 Å². The van der Waals surface area contributed by atoms with Crippen LogP contribution >= 0.6 is 23.2 Å². The van der Waals surface area contributed by atoms with E-state index in [0.717, 1.165) is 28.8 Å². The number of benzene rings is 1. The van der Waals surface area contributed by atoms with Gasteiger partial charge in [-0.2, -0.15) is 0 Å². The molecule has 5 heteroatoms. The standard InChI is InChI=1S/C13H14Cl2N2O/c1-3-16-12-6-9(7-18-2)17-13-10(12)4-8(14)5-11(13)15/h4-6H,3,7H2,1-2H3,(H,16,17). The second-order valence-electron chi connectivity index (χ2n) is 3.91. The van der Waals surface area contributed by atoms with Gasteiger partial charge in [0.1, 0.15) is 0 Å². The SMILES string of the molecule is CCNc1cc(COC)nc2c(Cl)cc(Cl)cc12. The molecular formula is C13H14Cl2N2O. The summed E-state index contributed by atoms with van der Waals surface area (Å²) in [6.07, 6.45) is 0. The van der Waals surface area contributed by atoms with Crippen molar-refractivity contribution in [3.63, 3.8) is 0 Å². The Kier molecular flexibility index (Phi) is 4.27. The number of halogens is 2. The molecule has 0 saturated heterocycles. The first kappa shape index (κ1) is 13.4. The van der Waals surface area contributed by atoms with E-state index in [1.54, 1.807) is 13.2 Å². The third kappa shape index (κ3) is 2.69. The number of hydrogen-bond donors (Lipinski definition) is 1. The Bertz CT molecular complexity index is 572. The molecule has 0 aliphatic carbocycles. The van der Waals surface area contributed by atoms with Crippen LogP contribution in [0.5, 0.6) is 0 Å². The fourth-order valence-corrected chi connectivity index (χ4v) is 2.40. The molecule has 1 N–H and O–H groups in total. The van der Waals surface area contributed by atoms with E-state index in [9.17, 15) is 0 Å². The van der Waals surface area contributed by atoms with Crippen LogP contribution in [0.3, 0.4) is 0 Å². The molecule has 1 heterocycles. The topological polar surface area (TPSA) is 34.1 Å². The van der Waals surface area contributed by atoms with E-state index in [2.05, 4.69) is 10.3 Å². The van der Waals surface area contributed by atoms with E-state index in [0.29, 0.717) is 16.7 Å². The van der Waals surface area contributed by atoms with Crippen LogP contribution in [-0.4, -0.2) is 18.6 Å². The predicted molar refractivity (Wildman–Crippen MR) is 76.6 cm³/mol. The molecule has 0 aliphatic heterocycles. The Balaban J connectivity index is 2.68. The van der Waals surface area contributed by atoms with Crippen LogP contribution in [0.15, 0.2) is 18.2 Å². The molecule has 18 heavy (non-hydrogen) atoms. The third-order valence-electron chi connectivity index (χ3n) is 2.54. The number of methoxy groups -OCH3 is 1. The van der Waals surface area contributed by atoms with Gasteiger partial charge in [-0.25, -0.2) is 4.98 Å². The molecule has 3 nitrogen and oxygen atoms in total. The van der Waals surface area contributed by atoms with Gasteiger partial charge in [-0.3, -0.25) is 0 Å². The summed E-state index contributed by atoms with van der Waals surface area (Å²) in [5.41, 5.74) is 2.55. The van der Waals surface area contributed by atoms with Crippen molar-refractivity contribution in [1.29, 1.82) is 0 Å². The number of rotatable bonds is 4. The van der Waals surface area contributed by atoms with Gasteiger partial charge in [-0.05, 0) is 25.1 Å². The number of hydrogen-bond acceptors (Lipinski definition) is 3. The van der Waals surface area contributed by atoms with Gasteiger partial charge in [0.05, 0.1) is 22.8 Å². The second kappa shape index (κ2) is 5.74. The summed E-state index contributed by atoms with van der Waals surface area (Å²) >= 11 is 12.2. The minimum Gasteiger partial charge on any atom is -0.385 e. The molecule has 1 aromatic carbocycles. The third-order valence-corrected chi connectivity index (χ3v) is 3.05. The number of aromatic nitrogens is 1. The first-order valence-electron chi connectivity index (χ1n) is 5.67. The van der Waals surface area contributed by atoms with Crippen LogP contribution in [0.1, 0.15) is 12.6 Å². The number of fused-ring (bicyclic) bond motifs is 1. The molecule has 0 spiro atoms. The minimum absolute atomic E-state index is 0.452. The Morgan fingerprint density at radius 3 is 2.72 bits per heavy atom. The highest BCUT2D eigenvalue weighted by Gasteiger charge is 2.09. The lowest BCUT2D eigenvalue weighted by Crippen LogP contribution is -2.01. The van der Waals surface area contributed by atoms with E-state index < -0.39 is 0 Å². The average molecular weight is 285 g/mol. The van der Waals surface area contributed by atoms with Gasteiger partial charge in [-0.1, -0.05) is 23.2 Å². The lowest BCUT2D eigenvalue weighted by atomic mass is 10.1. The fourth-order valence-electron chi connectivity index (χ4n) is 1.86. The van der Waals surface area contributed by atoms with Crippen LogP contribution in [-0.2, 0) is 11.3 Å². The normalized spacial score (nSPS) is 10.9. The van der Waals surface area contributed by atoms with Gasteiger partial charge in [-0.15, -0.1) is 0 Å². The maximum atomic E-state index is 6.19. The smallest absolute Gasteiger partial charge is 0.0914 e. The van der Waals surface area contributed by atoms with Crippen LogP contribution in [0.2, 0.25) is 10.0 Å². The molecule has 0 aliphatic rings. The van der Waals surface area contributed by atoms with E-state index in [4.69, 9.17) is 27.9 Å². The molecule has 0 saturated carbocycles. The van der Waals surface area contributed by atoms with Crippen molar-refractivity contribution in [1.82, 2.24) is 4.98 Å². The maximum Gasteiger partial charge on any atom is 0.0914 e. The van der Waals surface area contributed by atoms with Crippen LogP contribution < -0.4 is 5.32 Å². The number of nitrogens with zero attached hydrogens (tertiary/aromatic N) is 1. The molecular weight excluding hydrogens is 271 g/mol. The van der Waals surface area contributed by atoms with Crippen molar-refractivity contribution >= 4 is 39.8 Å². The zero-order valence-corrected chi connectivity index (χ0v) is 11.8. The van der Waals surface area contributed by atoms with E-state index in [1.165, 1.54) is 0 Å². The van der Waals surface area contributed by atoms with Crippen molar-refractivity contribution in [2.45, 2.75) is 13.5 Å². The molecule has 2 rings (SSSR count). The summed E-state index contributed by atoms with van der Waals surface area (Å²) in [5.74, 6) is 0. The van der Waals surface area contributed by atoms with Crippen LogP contribution in [0, 0.1) is 0 Å². The minimum atomic E-state index is 0.452. The molecule has 0 amide bonds. The Labute approximate surface area is 116 Å². The molecule has 0 unspecified atom stereocenters. The van der Waals surface area contributed by atoms with Gasteiger partial charge in [0.25, 0.3) is 0 Å². The average Bonchev–Trinajstić information content (AvgIpc) is 2.31. The first-order valence-corrected chi connectivity index (χ1v) is 6.42. The fraction of sp³-hybridized carbons (Fsp3) is 0.308. The number of nitrogens with one attached hydrogen (secondary N) is 1. The van der Waals surface area contributed by atoms with Crippen molar-refractivity contribution in [2.75, 3.05) is 19.0 Å². The molecule has 1 aromatic heterocycles. The van der Waals surface area contributed by atoms with Gasteiger partial charge in [0.2, 0.25) is 0 Å². The van der Waals surface area contributed by atoms with Crippen molar-refractivity contribution < 1.29 is 4.74 Å². The lowest BCUT2D eigenvalue weighted by molar-refractivity contribution is 0.182. The van der Waals surface area contributed by atoms with E-state index >= 15 is 0 Å². The molecule has 0 atom stereocenters. The predicted octanol–water partition coefficient (Wildman–Crippen LogP) is 4.12. The molecule has 2 aromatic rings. The van der Waals surface area contributed by atoms with Gasteiger partial charge in [0, 0.05) is 29.8 Å². The monoisotopic (exact) mass is 284 g/mol. The summed E-state index contributed by atoms with van der Waals surface area (Å²) in [6, 6.07) is 5.52. The highest BCUT2D eigenvalue weighted by molar-refractivity contribution is 6.38. The molecule has 0 radical (unpaired) electrons. The molecule has 0 bridgehead atoms. The number of ether oxygens (including phenoxy) is 1. The van der Waals surface area contributed by atoms with E-state index in [-0.39, 0.29) is 0 Å². The Morgan fingerprint density at radius 2 is 2.06 bits per heavy atom. The Morgan fingerprint density at radius 1 is 1.28 bits per heavy atom. The maximum absolute atomic E-state index is 6.19. The summed E-state index contributed by atoms with van der Waals surface area (Å²) in [7, 11) is 1.64.